The molecule has 0 saturated heterocycles. The zero-order valence-corrected chi connectivity index (χ0v) is 24.6. The molecule has 0 amide bonds. The van der Waals surface area contributed by atoms with Crippen LogP contribution in [0.2, 0.25) is 0 Å². The lowest BCUT2D eigenvalue weighted by Crippen LogP contribution is -2.53. The summed E-state index contributed by atoms with van der Waals surface area (Å²) in [6.45, 7) is 23.4. The molecular formula is C31H62O2. The van der Waals surface area contributed by atoms with E-state index in [0.29, 0.717) is 29.1 Å². The molecule has 0 aromatic rings. The van der Waals surface area contributed by atoms with Crippen LogP contribution in [0.3, 0.4) is 0 Å². The number of carboxylic acid groups (broad SMARTS) is 1. The Morgan fingerprint density at radius 2 is 1.33 bits per heavy atom. The summed E-state index contributed by atoms with van der Waals surface area (Å²) in [5.41, 5.74) is 1.03. The minimum Gasteiger partial charge on any atom is -0.481 e. The lowest BCUT2D eigenvalue weighted by atomic mass is 9.44. The van der Waals surface area contributed by atoms with Crippen LogP contribution in [-0.2, 0) is 4.79 Å². The number of carboxylic acids is 1. The molecule has 2 heteroatoms. The second-order valence-electron chi connectivity index (χ2n) is 10.7. The van der Waals surface area contributed by atoms with E-state index in [1.165, 1.54) is 64.2 Å². The van der Waals surface area contributed by atoms with Gasteiger partial charge in [-0.05, 0) is 97.7 Å². The molecule has 4 rings (SSSR count). The van der Waals surface area contributed by atoms with Gasteiger partial charge in [0.1, 0.15) is 0 Å². The first-order valence-corrected chi connectivity index (χ1v) is 15.1. The minimum absolute atomic E-state index is 0.339. The first kappa shape index (κ1) is 32.5. The van der Waals surface area contributed by atoms with Gasteiger partial charge in [-0.15, -0.1) is 0 Å². The van der Waals surface area contributed by atoms with Crippen LogP contribution in [-0.4, -0.2) is 11.1 Å². The van der Waals surface area contributed by atoms with Crippen molar-refractivity contribution in [1.29, 1.82) is 0 Å². The van der Waals surface area contributed by atoms with Gasteiger partial charge < -0.3 is 5.11 Å². The average Bonchev–Trinajstić information content (AvgIpc) is 3.21. The molecule has 8 atom stereocenters. The van der Waals surface area contributed by atoms with Crippen molar-refractivity contribution in [1.82, 2.24) is 0 Å². The summed E-state index contributed by atoms with van der Waals surface area (Å²) in [7, 11) is 0. The topological polar surface area (TPSA) is 37.3 Å². The van der Waals surface area contributed by atoms with Gasteiger partial charge in [-0.25, -0.2) is 0 Å². The van der Waals surface area contributed by atoms with E-state index in [-0.39, 0.29) is 0 Å². The van der Waals surface area contributed by atoms with Crippen molar-refractivity contribution in [2.24, 2.45) is 46.3 Å². The summed E-state index contributed by atoms with van der Waals surface area (Å²) in [4.78, 5) is 11.3. The van der Waals surface area contributed by atoms with Gasteiger partial charge in [0.2, 0.25) is 0 Å². The Kier molecular flexibility index (Phi) is 15.2. The van der Waals surface area contributed by atoms with Crippen LogP contribution in [0, 0.1) is 46.3 Å². The molecular weight excluding hydrogens is 404 g/mol. The summed E-state index contributed by atoms with van der Waals surface area (Å²) in [5, 5.41) is 9.27. The predicted octanol–water partition coefficient (Wildman–Crippen LogP) is 10.3. The molecule has 7 unspecified atom stereocenters. The molecule has 2 nitrogen and oxygen atoms in total. The monoisotopic (exact) mass is 466 g/mol. The van der Waals surface area contributed by atoms with Gasteiger partial charge in [0.25, 0.3) is 0 Å². The highest BCUT2D eigenvalue weighted by Gasteiger charge is 2.60. The highest BCUT2D eigenvalue weighted by atomic mass is 16.4. The van der Waals surface area contributed by atoms with Crippen molar-refractivity contribution < 1.29 is 9.90 Å². The fraction of sp³-hybridized carbons (Fsp3) is 0.968. The normalized spacial score (nSPS) is 38.9. The van der Waals surface area contributed by atoms with Crippen molar-refractivity contribution in [2.45, 2.75) is 147 Å². The third-order valence-corrected chi connectivity index (χ3v) is 9.84. The van der Waals surface area contributed by atoms with Crippen LogP contribution in [0.15, 0.2) is 0 Å². The van der Waals surface area contributed by atoms with Crippen molar-refractivity contribution in [3.63, 3.8) is 0 Å². The van der Waals surface area contributed by atoms with Gasteiger partial charge in [-0.1, -0.05) is 89.0 Å². The largest absolute Gasteiger partial charge is 0.481 e. The van der Waals surface area contributed by atoms with Crippen LogP contribution in [0.4, 0.5) is 0 Å². The molecule has 0 heterocycles. The number of hydrogen-bond donors (Lipinski definition) is 1. The molecule has 4 aliphatic rings. The van der Waals surface area contributed by atoms with Gasteiger partial charge in [-0.2, -0.15) is 0 Å². The van der Waals surface area contributed by atoms with Crippen molar-refractivity contribution in [2.75, 3.05) is 0 Å². The highest BCUT2D eigenvalue weighted by molar-refractivity contribution is 5.67. The first-order chi connectivity index (χ1) is 15.9. The maximum Gasteiger partial charge on any atom is 0.303 e. The van der Waals surface area contributed by atoms with Crippen LogP contribution < -0.4 is 0 Å². The summed E-state index contributed by atoms with van der Waals surface area (Å²) in [5.74, 6) is 4.11. The Bertz CT molecular complexity index is 529. The Balaban J connectivity index is 0.00000116. The molecule has 33 heavy (non-hydrogen) atoms. The third kappa shape index (κ3) is 6.78. The summed E-state index contributed by atoms with van der Waals surface area (Å²) < 4.78 is 0. The lowest BCUT2D eigenvalue weighted by Gasteiger charge is -2.60. The number of fused-ring (bicyclic) bond motifs is 5. The Morgan fingerprint density at radius 1 is 0.758 bits per heavy atom. The van der Waals surface area contributed by atoms with Crippen molar-refractivity contribution in [3.8, 4) is 0 Å². The second-order valence-corrected chi connectivity index (χ2v) is 10.7. The molecule has 0 bridgehead atoms. The molecule has 4 aliphatic carbocycles. The van der Waals surface area contributed by atoms with Gasteiger partial charge >= 0.3 is 5.97 Å². The SMILES string of the molecule is CC.CC.CC.CC.C[C@H](CC(=O)O)C1CCC2C3CCC4CCCCC4(C)C3CCC21C. The fourth-order valence-electron chi connectivity index (χ4n) is 8.69. The van der Waals surface area contributed by atoms with Crippen molar-refractivity contribution in [3.05, 3.63) is 0 Å². The Hall–Kier alpha value is -0.530. The van der Waals surface area contributed by atoms with E-state index in [9.17, 15) is 9.90 Å². The predicted molar refractivity (Wildman–Crippen MR) is 147 cm³/mol. The van der Waals surface area contributed by atoms with E-state index in [1.54, 1.807) is 0 Å². The van der Waals surface area contributed by atoms with E-state index in [1.807, 2.05) is 55.4 Å². The second kappa shape index (κ2) is 15.5. The maximum atomic E-state index is 11.3. The molecule has 4 fully saturated rings. The quantitative estimate of drug-likeness (QED) is 0.449. The molecule has 0 spiro atoms. The van der Waals surface area contributed by atoms with Gasteiger partial charge in [0.15, 0.2) is 0 Å². The number of hydrogen-bond acceptors (Lipinski definition) is 1. The zero-order valence-electron chi connectivity index (χ0n) is 24.6. The number of carbonyl (C=O) groups is 1. The van der Waals surface area contributed by atoms with Crippen LogP contribution >= 0.6 is 0 Å². The molecule has 0 aromatic carbocycles. The van der Waals surface area contributed by atoms with E-state index in [4.69, 9.17) is 0 Å². The fourth-order valence-corrected chi connectivity index (χ4v) is 8.69. The smallest absolute Gasteiger partial charge is 0.303 e. The summed E-state index contributed by atoms with van der Waals surface area (Å²) in [6.07, 6.45) is 14.6. The van der Waals surface area contributed by atoms with E-state index in [0.717, 1.165) is 23.7 Å². The summed E-state index contributed by atoms with van der Waals surface area (Å²) >= 11 is 0. The minimum atomic E-state index is -0.608. The molecule has 0 aromatic heterocycles. The molecule has 198 valence electrons. The van der Waals surface area contributed by atoms with Gasteiger partial charge in [-0.3, -0.25) is 4.79 Å². The zero-order chi connectivity index (χ0) is 25.8. The Labute approximate surface area is 209 Å². The van der Waals surface area contributed by atoms with E-state index >= 15 is 0 Å². The molecule has 1 N–H and O–H groups in total. The lowest BCUT2D eigenvalue weighted by molar-refractivity contribution is -0.139. The van der Waals surface area contributed by atoms with Crippen LogP contribution in [0.5, 0.6) is 0 Å². The molecule has 0 radical (unpaired) electrons. The van der Waals surface area contributed by atoms with Crippen molar-refractivity contribution >= 4 is 5.97 Å². The maximum absolute atomic E-state index is 11.3. The summed E-state index contributed by atoms with van der Waals surface area (Å²) in [6, 6.07) is 0. The van der Waals surface area contributed by atoms with Crippen LogP contribution in [0.25, 0.3) is 0 Å². The molecule has 0 aliphatic heterocycles. The van der Waals surface area contributed by atoms with E-state index in [2.05, 4.69) is 20.8 Å². The van der Waals surface area contributed by atoms with Crippen LogP contribution in [0.1, 0.15) is 147 Å². The Morgan fingerprint density at radius 3 is 1.91 bits per heavy atom. The number of rotatable bonds is 3. The highest BCUT2D eigenvalue weighted by Crippen LogP contribution is 2.68. The standard InChI is InChI=1S/C23H38O2.4C2H6/c1-15(14-21(24)25)18-9-10-19-17-8-7-16-6-4-5-12-22(16,2)20(17)11-13-23(18,19)3;4*1-2/h15-20H,4-14H2,1-3H3,(H,24,25);4*1-2H3/t15-,16?,17?,18?,19?,20?,22?,23?;;;;/m1..../s1. The third-order valence-electron chi connectivity index (χ3n) is 9.84. The average molecular weight is 467 g/mol. The molecule has 4 saturated carbocycles. The van der Waals surface area contributed by atoms with Gasteiger partial charge in [0.05, 0.1) is 0 Å². The van der Waals surface area contributed by atoms with Gasteiger partial charge in [0, 0.05) is 6.42 Å². The first-order valence-electron chi connectivity index (χ1n) is 15.1. The van der Waals surface area contributed by atoms with E-state index < -0.39 is 5.97 Å². The number of aliphatic carboxylic acids is 1.